The van der Waals surface area contributed by atoms with E-state index < -0.39 is 17.6 Å². The monoisotopic (exact) mass is 447 g/mol. The van der Waals surface area contributed by atoms with E-state index in [0.717, 1.165) is 23.0 Å². The molecule has 0 aliphatic heterocycles. The van der Waals surface area contributed by atoms with E-state index in [1.807, 2.05) is 30.3 Å². The second-order valence-corrected chi connectivity index (χ2v) is 7.52. The van der Waals surface area contributed by atoms with Crippen molar-refractivity contribution in [3.63, 3.8) is 0 Å². The van der Waals surface area contributed by atoms with Gasteiger partial charge in [0, 0.05) is 21.9 Å². The molecule has 0 saturated carbocycles. The fraction of sp³-hybridized carbons (Fsp3) is 0.0417. The van der Waals surface area contributed by atoms with Crippen LogP contribution >= 0.6 is 0 Å². The molecule has 5 aromatic rings. The molecule has 5 rings (SSSR count). The van der Waals surface area contributed by atoms with Gasteiger partial charge in [0.1, 0.15) is 5.69 Å². The summed E-state index contributed by atoms with van der Waals surface area (Å²) >= 11 is 0. The van der Waals surface area contributed by atoms with Crippen molar-refractivity contribution in [3.8, 4) is 16.9 Å². The summed E-state index contributed by atoms with van der Waals surface area (Å²) in [7, 11) is 0. The molecule has 3 N–H and O–H groups in total. The summed E-state index contributed by atoms with van der Waals surface area (Å²) in [5, 5.41) is 13.1. The number of amides is 1. The smallest absolute Gasteiger partial charge is 0.366 e. The summed E-state index contributed by atoms with van der Waals surface area (Å²) in [6.45, 7) is 3.79. The molecule has 6 nitrogen and oxygen atoms in total. The fourth-order valence-corrected chi connectivity index (χ4v) is 3.83. The Bertz CT molecular complexity index is 1540. The van der Waals surface area contributed by atoms with Crippen molar-refractivity contribution in [2.45, 2.75) is 6.18 Å². The molecule has 33 heavy (non-hydrogen) atoms. The summed E-state index contributed by atoms with van der Waals surface area (Å²) < 4.78 is 40.6. The molecule has 0 aliphatic rings. The fourth-order valence-electron chi connectivity index (χ4n) is 3.83. The number of hydrogen-bond donors (Lipinski definition) is 2. The number of nitrogens with zero attached hydrogens (tertiary/aromatic N) is 3. The standard InChI is InChI=1S/C24H16F3N5O/c1-13(23(28)33)18-10-16(11-20-19(18)12-29-30-20)32-21-5-3-2-4-17(21)22(31-32)14-6-8-15(9-7-14)24(25,26)27/h2-12H,1H2,(H2,28,33)(H,29,30). The molecule has 3 aromatic carbocycles. The Labute approximate surface area is 185 Å². The molecular weight excluding hydrogens is 431 g/mol. The first-order chi connectivity index (χ1) is 15.7. The van der Waals surface area contributed by atoms with E-state index in [2.05, 4.69) is 16.8 Å². The van der Waals surface area contributed by atoms with Crippen LogP contribution in [0.3, 0.4) is 0 Å². The maximum Gasteiger partial charge on any atom is 0.416 e. The third kappa shape index (κ3) is 3.43. The van der Waals surface area contributed by atoms with E-state index in [0.29, 0.717) is 33.4 Å². The van der Waals surface area contributed by atoms with E-state index in [4.69, 9.17) is 10.8 Å². The van der Waals surface area contributed by atoms with Crippen molar-refractivity contribution in [2.75, 3.05) is 0 Å². The van der Waals surface area contributed by atoms with Crippen LogP contribution in [-0.2, 0) is 11.0 Å². The predicted octanol–water partition coefficient (Wildman–Crippen LogP) is 5.09. The lowest BCUT2D eigenvalue weighted by molar-refractivity contribution is -0.137. The molecule has 1 amide bonds. The van der Waals surface area contributed by atoms with Crippen LogP contribution in [0.4, 0.5) is 13.2 Å². The minimum absolute atomic E-state index is 0.127. The highest BCUT2D eigenvalue weighted by molar-refractivity contribution is 6.21. The van der Waals surface area contributed by atoms with Crippen molar-refractivity contribution in [1.82, 2.24) is 20.0 Å². The van der Waals surface area contributed by atoms with Crippen molar-refractivity contribution in [3.05, 3.63) is 84.6 Å². The van der Waals surface area contributed by atoms with Crippen LogP contribution in [0.15, 0.2) is 73.4 Å². The molecule has 0 saturated heterocycles. The third-order valence-electron chi connectivity index (χ3n) is 5.48. The number of aromatic nitrogens is 4. The Morgan fingerprint density at radius 3 is 2.45 bits per heavy atom. The lowest BCUT2D eigenvalue weighted by Gasteiger charge is -2.09. The minimum atomic E-state index is -4.42. The van der Waals surface area contributed by atoms with E-state index in [9.17, 15) is 18.0 Å². The maximum absolute atomic E-state index is 13.0. The number of alkyl halides is 3. The van der Waals surface area contributed by atoms with Crippen molar-refractivity contribution in [2.24, 2.45) is 5.73 Å². The summed E-state index contributed by atoms with van der Waals surface area (Å²) in [6.07, 6.45) is -2.84. The van der Waals surface area contributed by atoms with Gasteiger partial charge >= 0.3 is 6.18 Å². The maximum atomic E-state index is 13.0. The number of para-hydroxylation sites is 1. The molecule has 9 heteroatoms. The number of primary amides is 1. The number of aromatic amines is 1. The van der Waals surface area contributed by atoms with Crippen LogP contribution in [0.1, 0.15) is 11.1 Å². The van der Waals surface area contributed by atoms with Gasteiger partial charge in [-0.25, -0.2) is 4.68 Å². The summed E-state index contributed by atoms with van der Waals surface area (Å²) in [5.41, 5.74) is 8.44. The number of nitrogens with one attached hydrogen (secondary N) is 1. The van der Waals surface area contributed by atoms with Crippen LogP contribution in [0.2, 0.25) is 0 Å². The van der Waals surface area contributed by atoms with Gasteiger partial charge in [-0.3, -0.25) is 9.89 Å². The molecule has 164 valence electrons. The number of benzene rings is 3. The predicted molar refractivity (Wildman–Crippen MR) is 119 cm³/mol. The van der Waals surface area contributed by atoms with Gasteiger partial charge in [0.25, 0.3) is 0 Å². The summed E-state index contributed by atoms with van der Waals surface area (Å²) in [4.78, 5) is 11.8. The van der Waals surface area contributed by atoms with Gasteiger partial charge < -0.3 is 5.73 Å². The Hall–Kier alpha value is -4.40. The first-order valence-corrected chi connectivity index (χ1v) is 9.86. The first kappa shape index (κ1) is 20.5. The first-order valence-electron chi connectivity index (χ1n) is 9.86. The number of halogens is 3. The van der Waals surface area contributed by atoms with Gasteiger partial charge in [0.15, 0.2) is 0 Å². The number of hydrogen-bond acceptors (Lipinski definition) is 3. The van der Waals surface area contributed by atoms with Gasteiger partial charge in [0.05, 0.1) is 28.5 Å². The highest BCUT2D eigenvalue weighted by atomic mass is 19.4. The van der Waals surface area contributed by atoms with Gasteiger partial charge in [-0.05, 0) is 35.9 Å². The number of carbonyl (C=O) groups is 1. The lowest BCUT2D eigenvalue weighted by Crippen LogP contribution is -2.12. The Morgan fingerprint density at radius 1 is 1.03 bits per heavy atom. The average molecular weight is 447 g/mol. The van der Waals surface area contributed by atoms with E-state index >= 15 is 0 Å². The van der Waals surface area contributed by atoms with Crippen molar-refractivity contribution >= 4 is 33.3 Å². The number of H-pyrrole nitrogens is 1. The largest absolute Gasteiger partial charge is 0.416 e. The number of carbonyl (C=O) groups excluding carboxylic acids is 1. The van der Waals surface area contributed by atoms with Crippen LogP contribution in [0.25, 0.3) is 44.3 Å². The number of fused-ring (bicyclic) bond motifs is 2. The normalized spacial score (nSPS) is 11.8. The molecule has 0 fully saturated rings. The zero-order chi connectivity index (χ0) is 23.3. The van der Waals surface area contributed by atoms with E-state index in [-0.39, 0.29) is 5.57 Å². The molecule has 0 spiro atoms. The zero-order valence-corrected chi connectivity index (χ0v) is 17.0. The average Bonchev–Trinajstić information content (AvgIpc) is 3.42. The SMILES string of the molecule is C=C(C(N)=O)c1cc(-n2nc(-c3ccc(C(F)(F)F)cc3)c3ccccc32)cc2[nH]ncc12. The van der Waals surface area contributed by atoms with Gasteiger partial charge in [-0.15, -0.1) is 0 Å². The number of rotatable bonds is 4. The van der Waals surface area contributed by atoms with Crippen LogP contribution < -0.4 is 5.73 Å². The van der Waals surface area contributed by atoms with Crippen LogP contribution in [0, 0.1) is 0 Å². The molecule has 2 aromatic heterocycles. The highest BCUT2D eigenvalue weighted by Gasteiger charge is 2.30. The minimum Gasteiger partial charge on any atom is -0.366 e. The second kappa shape index (κ2) is 7.33. The van der Waals surface area contributed by atoms with Gasteiger partial charge in [-0.1, -0.05) is 36.9 Å². The van der Waals surface area contributed by atoms with E-state index in [1.165, 1.54) is 12.1 Å². The molecule has 0 aliphatic carbocycles. The van der Waals surface area contributed by atoms with Crippen LogP contribution in [0.5, 0.6) is 0 Å². The Morgan fingerprint density at radius 2 is 1.76 bits per heavy atom. The quantitative estimate of drug-likeness (QED) is 0.376. The Balaban J connectivity index is 1.72. The third-order valence-corrected chi connectivity index (χ3v) is 5.48. The molecule has 2 heterocycles. The Kier molecular flexibility index (Phi) is 4.56. The second-order valence-electron chi connectivity index (χ2n) is 7.52. The lowest BCUT2D eigenvalue weighted by atomic mass is 10.0. The molecular formula is C24H16F3N5O. The summed E-state index contributed by atoms with van der Waals surface area (Å²) in [5.74, 6) is -0.662. The molecule has 0 atom stereocenters. The van der Waals surface area contributed by atoms with Crippen LogP contribution in [-0.4, -0.2) is 25.9 Å². The van der Waals surface area contributed by atoms with Gasteiger partial charge in [0.2, 0.25) is 5.91 Å². The van der Waals surface area contributed by atoms with Gasteiger partial charge in [-0.2, -0.15) is 23.4 Å². The van der Waals surface area contributed by atoms with Crippen molar-refractivity contribution < 1.29 is 18.0 Å². The number of nitrogens with two attached hydrogens (primary N) is 1. The zero-order valence-electron chi connectivity index (χ0n) is 17.0. The topological polar surface area (TPSA) is 89.6 Å². The molecule has 0 unspecified atom stereocenters. The highest BCUT2D eigenvalue weighted by Crippen LogP contribution is 2.35. The van der Waals surface area contributed by atoms with Crippen molar-refractivity contribution in [1.29, 1.82) is 0 Å². The van der Waals surface area contributed by atoms with E-state index in [1.54, 1.807) is 16.9 Å². The molecule has 0 radical (unpaired) electrons. The molecule has 0 bridgehead atoms. The summed E-state index contributed by atoms with van der Waals surface area (Å²) in [6, 6.07) is 15.8.